The van der Waals surface area contributed by atoms with E-state index < -0.39 is 0 Å². The SMILES string of the molecule is COc1ccc(CCN2C[C@H](NC(=O)CC3=CCCCC3)CC2=O)cc1. The van der Waals surface area contributed by atoms with Gasteiger partial charge in [0.2, 0.25) is 11.8 Å². The number of amides is 2. The second-order valence-electron chi connectivity index (χ2n) is 7.19. The molecule has 0 bridgehead atoms. The van der Waals surface area contributed by atoms with E-state index >= 15 is 0 Å². The molecule has 2 amide bonds. The number of hydrogen-bond acceptors (Lipinski definition) is 3. The van der Waals surface area contributed by atoms with Gasteiger partial charge in [-0.3, -0.25) is 9.59 Å². The summed E-state index contributed by atoms with van der Waals surface area (Å²) in [5, 5.41) is 3.04. The van der Waals surface area contributed by atoms with Crippen molar-refractivity contribution in [2.75, 3.05) is 20.2 Å². The minimum Gasteiger partial charge on any atom is -0.497 e. The molecule has 0 unspecified atom stereocenters. The van der Waals surface area contributed by atoms with Gasteiger partial charge < -0.3 is 15.0 Å². The van der Waals surface area contributed by atoms with Crippen molar-refractivity contribution in [1.29, 1.82) is 0 Å². The van der Waals surface area contributed by atoms with Gasteiger partial charge >= 0.3 is 0 Å². The summed E-state index contributed by atoms with van der Waals surface area (Å²) in [6.45, 7) is 1.29. The van der Waals surface area contributed by atoms with Crippen molar-refractivity contribution in [2.45, 2.75) is 51.0 Å². The first-order chi connectivity index (χ1) is 12.6. The third kappa shape index (κ3) is 5.10. The highest BCUT2D eigenvalue weighted by Crippen LogP contribution is 2.20. The number of ether oxygens (including phenoxy) is 1. The Bertz CT molecular complexity index is 666. The topological polar surface area (TPSA) is 58.6 Å². The summed E-state index contributed by atoms with van der Waals surface area (Å²) >= 11 is 0. The molecule has 1 aromatic carbocycles. The largest absolute Gasteiger partial charge is 0.497 e. The lowest BCUT2D eigenvalue weighted by atomic mass is 9.97. The van der Waals surface area contributed by atoms with E-state index in [1.165, 1.54) is 24.0 Å². The van der Waals surface area contributed by atoms with E-state index in [1.807, 2.05) is 29.2 Å². The number of carbonyl (C=O) groups excluding carboxylic acids is 2. The molecule has 1 aromatic rings. The van der Waals surface area contributed by atoms with Gasteiger partial charge in [0.1, 0.15) is 5.75 Å². The van der Waals surface area contributed by atoms with Crippen LogP contribution >= 0.6 is 0 Å². The van der Waals surface area contributed by atoms with E-state index in [0.29, 0.717) is 25.9 Å². The quantitative estimate of drug-likeness (QED) is 0.764. The highest BCUT2D eigenvalue weighted by molar-refractivity contribution is 5.83. The minimum atomic E-state index is -0.0601. The second-order valence-corrected chi connectivity index (χ2v) is 7.19. The van der Waals surface area contributed by atoms with E-state index in [-0.39, 0.29) is 17.9 Å². The zero-order valence-corrected chi connectivity index (χ0v) is 15.5. The first kappa shape index (κ1) is 18.5. The fourth-order valence-corrected chi connectivity index (χ4v) is 3.69. The Morgan fingerprint density at radius 2 is 2.08 bits per heavy atom. The molecule has 1 heterocycles. The smallest absolute Gasteiger partial charge is 0.224 e. The lowest BCUT2D eigenvalue weighted by Gasteiger charge is -2.18. The highest BCUT2D eigenvalue weighted by atomic mass is 16.5. The summed E-state index contributed by atoms with van der Waals surface area (Å²) in [6.07, 6.45) is 8.43. The molecule has 1 aliphatic carbocycles. The summed E-state index contributed by atoms with van der Waals surface area (Å²) < 4.78 is 5.16. The van der Waals surface area contributed by atoms with Crippen molar-refractivity contribution in [1.82, 2.24) is 10.2 Å². The van der Waals surface area contributed by atoms with Gasteiger partial charge in [0, 0.05) is 25.9 Å². The van der Waals surface area contributed by atoms with E-state index in [1.54, 1.807) is 7.11 Å². The normalized spacial score (nSPS) is 20.0. The molecule has 5 heteroatoms. The predicted octanol–water partition coefficient (Wildman–Crippen LogP) is 2.85. The van der Waals surface area contributed by atoms with Crippen molar-refractivity contribution in [2.24, 2.45) is 0 Å². The van der Waals surface area contributed by atoms with Crippen LogP contribution in [-0.2, 0) is 16.0 Å². The van der Waals surface area contributed by atoms with E-state index in [2.05, 4.69) is 11.4 Å². The van der Waals surface area contributed by atoms with Crippen LogP contribution in [0.25, 0.3) is 0 Å². The fourth-order valence-electron chi connectivity index (χ4n) is 3.69. The molecule has 0 radical (unpaired) electrons. The molecule has 1 atom stereocenters. The Morgan fingerprint density at radius 3 is 2.77 bits per heavy atom. The van der Waals surface area contributed by atoms with Gasteiger partial charge in [-0.1, -0.05) is 23.8 Å². The second kappa shape index (κ2) is 8.88. The average molecular weight is 356 g/mol. The maximum atomic E-state index is 12.2. The average Bonchev–Trinajstić information content (AvgIpc) is 3.00. The Balaban J connectivity index is 1.43. The van der Waals surface area contributed by atoms with Gasteiger partial charge in [0.15, 0.2) is 0 Å². The van der Waals surface area contributed by atoms with Gasteiger partial charge in [0.25, 0.3) is 0 Å². The van der Waals surface area contributed by atoms with Crippen LogP contribution in [0.5, 0.6) is 5.75 Å². The number of carbonyl (C=O) groups is 2. The van der Waals surface area contributed by atoms with Crippen LogP contribution in [0.4, 0.5) is 0 Å². The minimum absolute atomic E-state index is 0.0490. The first-order valence-corrected chi connectivity index (χ1v) is 9.52. The number of hydrogen-bond donors (Lipinski definition) is 1. The molecular weight excluding hydrogens is 328 g/mol. The lowest BCUT2D eigenvalue weighted by Crippen LogP contribution is -2.37. The molecule has 26 heavy (non-hydrogen) atoms. The Labute approximate surface area is 155 Å². The molecule has 0 saturated carbocycles. The maximum absolute atomic E-state index is 12.2. The number of likely N-dealkylation sites (tertiary alicyclic amines) is 1. The van der Waals surface area contributed by atoms with Gasteiger partial charge in [0.05, 0.1) is 13.2 Å². The summed E-state index contributed by atoms with van der Waals surface area (Å²) in [5.41, 5.74) is 2.42. The molecule has 1 saturated heterocycles. The number of nitrogens with one attached hydrogen (secondary N) is 1. The van der Waals surface area contributed by atoms with Gasteiger partial charge in [-0.05, 0) is 49.8 Å². The number of nitrogens with zero attached hydrogens (tertiary/aromatic N) is 1. The monoisotopic (exact) mass is 356 g/mol. The molecule has 0 aromatic heterocycles. The number of methoxy groups -OCH3 is 1. The molecule has 2 aliphatic rings. The van der Waals surface area contributed by atoms with Crippen molar-refractivity contribution < 1.29 is 14.3 Å². The Morgan fingerprint density at radius 1 is 1.27 bits per heavy atom. The Hall–Kier alpha value is -2.30. The molecule has 3 rings (SSSR count). The van der Waals surface area contributed by atoms with Crippen molar-refractivity contribution in [3.8, 4) is 5.75 Å². The summed E-state index contributed by atoms with van der Waals surface area (Å²) in [7, 11) is 1.65. The third-order valence-electron chi connectivity index (χ3n) is 5.18. The predicted molar refractivity (Wildman–Crippen MR) is 101 cm³/mol. The molecule has 1 N–H and O–H groups in total. The number of allylic oxidation sites excluding steroid dienone is 1. The van der Waals surface area contributed by atoms with E-state index in [4.69, 9.17) is 4.74 Å². The third-order valence-corrected chi connectivity index (χ3v) is 5.18. The molecular formula is C21H28N2O3. The zero-order chi connectivity index (χ0) is 18.4. The van der Waals surface area contributed by atoms with Gasteiger partial charge in [-0.2, -0.15) is 0 Å². The van der Waals surface area contributed by atoms with Crippen LogP contribution in [0.3, 0.4) is 0 Å². The maximum Gasteiger partial charge on any atom is 0.224 e. The molecule has 5 nitrogen and oxygen atoms in total. The van der Waals surface area contributed by atoms with Gasteiger partial charge in [-0.15, -0.1) is 0 Å². The van der Waals surface area contributed by atoms with Crippen LogP contribution in [0.15, 0.2) is 35.9 Å². The van der Waals surface area contributed by atoms with Crippen LogP contribution < -0.4 is 10.1 Å². The summed E-state index contributed by atoms with van der Waals surface area (Å²) in [5.74, 6) is 1.01. The molecule has 1 fully saturated rings. The number of benzene rings is 1. The number of rotatable bonds is 7. The van der Waals surface area contributed by atoms with Crippen molar-refractivity contribution in [3.05, 3.63) is 41.5 Å². The Kier molecular flexibility index (Phi) is 6.31. The van der Waals surface area contributed by atoms with Crippen LogP contribution in [-0.4, -0.2) is 43.0 Å². The molecule has 140 valence electrons. The highest BCUT2D eigenvalue weighted by Gasteiger charge is 2.30. The van der Waals surface area contributed by atoms with E-state index in [0.717, 1.165) is 25.0 Å². The summed E-state index contributed by atoms with van der Waals surface area (Å²) in [6, 6.07) is 7.86. The van der Waals surface area contributed by atoms with Crippen LogP contribution in [0, 0.1) is 0 Å². The standard InChI is InChI=1S/C21H28N2O3/c1-26-19-9-7-16(8-10-19)11-12-23-15-18(14-21(23)25)22-20(24)13-17-5-3-2-4-6-17/h5,7-10,18H,2-4,6,11-15H2,1H3,(H,22,24)/t18-/m1/s1. The lowest BCUT2D eigenvalue weighted by molar-refractivity contribution is -0.127. The fraction of sp³-hybridized carbons (Fsp3) is 0.524. The van der Waals surface area contributed by atoms with Gasteiger partial charge in [-0.25, -0.2) is 0 Å². The van der Waals surface area contributed by atoms with Crippen LogP contribution in [0.2, 0.25) is 0 Å². The zero-order valence-electron chi connectivity index (χ0n) is 15.5. The first-order valence-electron chi connectivity index (χ1n) is 9.52. The van der Waals surface area contributed by atoms with Crippen LogP contribution in [0.1, 0.15) is 44.1 Å². The van der Waals surface area contributed by atoms with Crippen molar-refractivity contribution in [3.63, 3.8) is 0 Å². The molecule has 1 aliphatic heterocycles. The summed E-state index contributed by atoms with van der Waals surface area (Å²) in [4.78, 5) is 26.3. The molecule has 0 spiro atoms. The van der Waals surface area contributed by atoms with E-state index in [9.17, 15) is 9.59 Å². The van der Waals surface area contributed by atoms with Crippen molar-refractivity contribution >= 4 is 11.8 Å².